The monoisotopic (exact) mass is 252 g/mol. The van der Waals surface area contributed by atoms with Crippen LogP contribution in [-0.2, 0) is 4.74 Å². The molecule has 1 nitrogen and oxygen atoms in total. The number of aryl methyl sites for hydroxylation is 3. The Labute approximate surface area is 109 Å². The molecule has 94 valence electrons. The molecule has 0 N–H and O–H groups in total. The van der Waals surface area contributed by atoms with Crippen LogP contribution in [0.4, 0.5) is 0 Å². The zero-order valence-electron chi connectivity index (χ0n) is 11.1. The first-order valence-electron chi connectivity index (χ1n) is 6.34. The lowest BCUT2D eigenvalue weighted by Gasteiger charge is -2.24. The molecule has 2 rings (SSSR count). The molecule has 1 aliphatic rings. The van der Waals surface area contributed by atoms with Crippen molar-refractivity contribution in [2.24, 2.45) is 5.92 Å². The Morgan fingerprint density at radius 2 is 1.82 bits per heavy atom. The number of alkyl halides is 1. The van der Waals surface area contributed by atoms with Crippen LogP contribution in [0.5, 0.6) is 0 Å². The highest BCUT2D eigenvalue weighted by atomic mass is 35.5. The van der Waals surface area contributed by atoms with E-state index in [-0.39, 0.29) is 11.5 Å². The zero-order chi connectivity index (χ0) is 12.6. The number of hydrogen-bond donors (Lipinski definition) is 0. The molecule has 1 aromatic carbocycles. The first-order valence-corrected chi connectivity index (χ1v) is 6.77. The fraction of sp³-hybridized carbons (Fsp3) is 0.600. The van der Waals surface area contributed by atoms with E-state index in [1.54, 1.807) is 0 Å². The van der Waals surface area contributed by atoms with Gasteiger partial charge in [-0.25, -0.2) is 0 Å². The number of hydrogen-bond acceptors (Lipinski definition) is 1. The molecule has 1 heterocycles. The molecular formula is C15H21ClO. The second-order valence-electron chi connectivity index (χ2n) is 5.24. The SMILES string of the molecule is Cc1cc(C)c(C(Cl)C2CCOC2C)c(C)c1. The summed E-state index contributed by atoms with van der Waals surface area (Å²) in [6.07, 6.45) is 1.35. The van der Waals surface area contributed by atoms with Crippen molar-refractivity contribution >= 4 is 11.6 Å². The number of halogens is 1. The van der Waals surface area contributed by atoms with Crippen molar-refractivity contribution in [1.29, 1.82) is 0 Å². The smallest absolute Gasteiger partial charge is 0.0644 e. The highest BCUT2D eigenvalue weighted by Crippen LogP contribution is 2.40. The molecule has 1 aliphatic heterocycles. The highest BCUT2D eigenvalue weighted by molar-refractivity contribution is 6.21. The van der Waals surface area contributed by atoms with Gasteiger partial charge in [0.1, 0.15) is 0 Å². The summed E-state index contributed by atoms with van der Waals surface area (Å²) >= 11 is 6.69. The Hall–Kier alpha value is -0.530. The molecule has 1 fully saturated rings. The van der Waals surface area contributed by atoms with Gasteiger partial charge in [-0.2, -0.15) is 0 Å². The topological polar surface area (TPSA) is 9.23 Å². The summed E-state index contributed by atoms with van der Waals surface area (Å²) in [6.45, 7) is 9.43. The van der Waals surface area contributed by atoms with Crippen LogP contribution in [-0.4, -0.2) is 12.7 Å². The van der Waals surface area contributed by atoms with Gasteiger partial charge in [-0.1, -0.05) is 17.7 Å². The van der Waals surface area contributed by atoms with Gasteiger partial charge in [-0.15, -0.1) is 11.6 Å². The van der Waals surface area contributed by atoms with Crippen molar-refractivity contribution in [3.8, 4) is 0 Å². The molecule has 3 atom stereocenters. The zero-order valence-corrected chi connectivity index (χ0v) is 11.8. The van der Waals surface area contributed by atoms with E-state index in [4.69, 9.17) is 16.3 Å². The minimum Gasteiger partial charge on any atom is -0.378 e. The van der Waals surface area contributed by atoms with Gasteiger partial charge in [0.2, 0.25) is 0 Å². The van der Waals surface area contributed by atoms with Crippen molar-refractivity contribution in [3.05, 3.63) is 34.4 Å². The molecule has 0 aromatic heterocycles. The molecule has 1 aromatic rings. The lowest BCUT2D eigenvalue weighted by molar-refractivity contribution is 0.105. The van der Waals surface area contributed by atoms with Crippen molar-refractivity contribution in [2.75, 3.05) is 6.61 Å². The molecule has 0 spiro atoms. The predicted octanol–water partition coefficient (Wildman–Crippen LogP) is 4.32. The van der Waals surface area contributed by atoms with Crippen molar-refractivity contribution < 1.29 is 4.74 Å². The first kappa shape index (κ1) is 12.9. The van der Waals surface area contributed by atoms with Crippen LogP contribution in [0.2, 0.25) is 0 Å². The average Bonchev–Trinajstić information content (AvgIpc) is 2.62. The van der Waals surface area contributed by atoms with Gasteiger partial charge in [-0.05, 0) is 50.8 Å². The minimum absolute atomic E-state index is 0.0769. The molecule has 0 saturated carbocycles. The minimum atomic E-state index is 0.0769. The van der Waals surface area contributed by atoms with Crippen LogP contribution < -0.4 is 0 Å². The maximum Gasteiger partial charge on any atom is 0.0644 e. The van der Waals surface area contributed by atoms with Gasteiger partial charge < -0.3 is 4.74 Å². The Balaban J connectivity index is 2.33. The Kier molecular flexibility index (Phi) is 3.79. The summed E-state index contributed by atoms with van der Waals surface area (Å²) in [5.41, 5.74) is 5.23. The van der Waals surface area contributed by atoms with Crippen LogP contribution in [0.3, 0.4) is 0 Å². The third kappa shape index (κ3) is 2.51. The third-order valence-corrected chi connectivity index (χ3v) is 4.37. The average molecular weight is 253 g/mol. The van der Waals surface area contributed by atoms with Gasteiger partial charge in [-0.3, -0.25) is 0 Å². The van der Waals surface area contributed by atoms with E-state index in [9.17, 15) is 0 Å². The summed E-state index contributed by atoms with van der Waals surface area (Å²) in [6, 6.07) is 4.44. The molecule has 0 radical (unpaired) electrons. The summed E-state index contributed by atoms with van der Waals surface area (Å²) in [7, 11) is 0. The van der Waals surface area contributed by atoms with E-state index in [0.717, 1.165) is 13.0 Å². The molecule has 3 unspecified atom stereocenters. The van der Waals surface area contributed by atoms with Crippen LogP contribution in [0, 0.1) is 26.7 Å². The summed E-state index contributed by atoms with van der Waals surface area (Å²) < 4.78 is 5.63. The largest absolute Gasteiger partial charge is 0.378 e. The molecule has 0 amide bonds. The summed E-state index contributed by atoms with van der Waals surface area (Å²) in [4.78, 5) is 0. The Morgan fingerprint density at radius 3 is 2.29 bits per heavy atom. The molecule has 0 bridgehead atoms. The van der Waals surface area contributed by atoms with Crippen LogP contribution in [0.15, 0.2) is 12.1 Å². The molecule has 0 aliphatic carbocycles. The van der Waals surface area contributed by atoms with Crippen LogP contribution >= 0.6 is 11.6 Å². The van der Waals surface area contributed by atoms with Crippen LogP contribution in [0.25, 0.3) is 0 Å². The van der Waals surface area contributed by atoms with Crippen molar-refractivity contribution in [1.82, 2.24) is 0 Å². The van der Waals surface area contributed by atoms with Crippen molar-refractivity contribution in [2.45, 2.75) is 45.6 Å². The van der Waals surface area contributed by atoms with Crippen molar-refractivity contribution in [3.63, 3.8) is 0 Å². The van der Waals surface area contributed by atoms with E-state index < -0.39 is 0 Å². The van der Waals surface area contributed by atoms with E-state index in [1.807, 2.05) is 0 Å². The second kappa shape index (κ2) is 4.99. The standard InChI is InChI=1S/C15H21ClO/c1-9-7-10(2)14(11(3)8-9)15(16)13-5-6-17-12(13)4/h7-8,12-13,15H,5-6H2,1-4H3. The number of rotatable bonds is 2. The van der Waals surface area contributed by atoms with Gasteiger partial charge in [0.25, 0.3) is 0 Å². The lowest BCUT2D eigenvalue weighted by Crippen LogP contribution is -2.18. The lowest BCUT2D eigenvalue weighted by atomic mass is 9.88. The highest BCUT2D eigenvalue weighted by Gasteiger charge is 2.32. The van der Waals surface area contributed by atoms with Gasteiger partial charge >= 0.3 is 0 Å². The molecular weight excluding hydrogens is 232 g/mol. The number of ether oxygens (including phenoxy) is 1. The maximum atomic E-state index is 6.69. The second-order valence-corrected chi connectivity index (χ2v) is 5.71. The van der Waals surface area contributed by atoms with E-state index in [1.165, 1.54) is 22.3 Å². The normalized spacial score (nSPS) is 26.2. The fourth-order valence-electron chi connectivity index (χ4n) is 2.97. The summed E-state index contributed by atoms with van der Waals surface area (Å²) in [5.74, 6) is 0.441. The fourth-order valence-corrected chi connectivity index (χ4v) is 3.65. The summed E-state index contributed by atoms with van der Waals surface area (Å²) in [5, 5.41) is 0.0769. The number of benzene rings is 1. The Bertz CT molecular complexity index is 390. The van der Waals surface area contributed by atoms with E-state index >= 15 is 0 Å². The quantitative estimate of drug-likeness (QED) is 0.713. The van der Waals surface area contributed by atoms with E-state index in [2.05, 4.69) is 39.8 Å². The Morgan fingerprint density at radius 1 is 1.24 bits per heavy atom. The van der Waals surface area contributed by atoms with Gasteiger partial charge in [0.15, 0.2) is 0 Å². The van der Waals surface area contributed by atoms with Gasteiger partial charge in [0.05, 0.1) is 11.5 Å². The van der Waals surface area contributed by atoms with Gasteiger partial charge in [0, 0.05) is 12.5 Å². The maximum absolute atomic E-state index is 6.69. The first-order chi connectivity index (χ1) is 8.00. The predicted molar refractivity (Wildman–Crippen MR) is 72.8 cm³/mol. The molecule has 2 heteroatoms. The van der Waals surface area contributed by atoms with E-state index in [0.29, 0.717) is 5.92 Å². The third-order valence-electron chi connectivity index (χ3n) is 3.82. The van der Waals surface area contributed by atoms with Crippen LogP contribution in [0.1, 0.15) is 41.0 Å². The molecule has 17 heavy (non-hydrogen) atoms. The molecule has 1 saturated heterocycles.